The average Bonchev–Trinajstić information content (AvgIpc) is 3.10. The number of esters is 1. The molecule has 0 aliphatic heterocycles. The Morgan fingerprint density at radius 2 is 1.86 bits per heavy atom. The van der Waals surface area contributed by atoms with E-state index in [1.54, 1.807) is 0 Å². The fraction of sp³-hybridized carbons (Fsp3) is 0.0625. The van der Waals surface area contributed by atoms with Crippen molar-refractivity contribution >= 4 is 17.5 Å². The van der Waals surface area contributed by atoms with Gasteiger partial charge in [-0.1, -0.05) is 6.07 Å². The van der Waals surface area contributed by atoms with Gasteiger partial charge in [-0.15, -0.1) is 5.26 Å². The quantitative estimate of drug-likeness (QED) is 0.364. The number of ether oxygens (including phenoxy) is 1. The standard InChI is InChI=1S/C16H5F5N4O2S/c17-8-2-1-3-9(18)11(8)13-24-14(28-25-13)7-4-5-23-12(16(19,20)21)10(7)15(26)27-6-22/h1-5H. The Morgan fingerprint density at radius 1 is 1.18 bits per heavy atom. The molecule has 0 spiro atoms. The molecule has 142 valence electrons. The summed E-state index contributed by atoms with van der Waals surface area (Å²) in [4.78, 5) is 18.9. The fourth-order valence-corrected chi connectivity index (χ4v) is 3.00. The number of nitrogens with zero attached hydrogens (tertiary/aromatic N) is 4. The van der Waals surface area contributed by atoms with Crippen molar-refractivity contribution in [2.45, 2.75) is 6.18 Å². The minimum absolute atomic E-state index is 0.254. The first-order valence-corrected chi connectivity index (χ1v) is 7.96. The van der Waals surface area contributed by atoms with Crippen molar-refractivity contribution in [1.29, 1.82) is 5.26 Å². The molecule has 0 saturated carbocycles. The van der Waals surface area contributed by atoms with E-state index in [4.69, 9.17) is 5.26 Å². The van der Waals surface area contributed by atoms with Crippen molar-refractivity contribution < 1.29 is 31.5 Å². The third-order valence-electron chi connectivity index (χ3n) is 3.40. The van der Waals surface area contributed by atoms with Crippen LogP contribution in [-0.2, 0) is 10.9 Å². The van der Waals surface area contributed by atoms with E-state index in [0.29, 0.717) is 11.5 Å². The van der Waals surface area contributed by atoms with E-state index < -0.39 is 52.0 Å². The molecule has 28 heavy (non-hydrogen) atoms. The van der Waals surface area contributed by atoms with Crippen LogP contribution >= 0.6 is 11.5 Å². The molecule has 0 atom stereocenters. The third-order valence-corrected chi connectivity index (χ3v) is 4.15. The lowest BCUT2D eigenvalue weighted by atomic mass is 10.1. The van der Waals surface area contributed by atoms with Crippen LogP contribution in [0.2, 0.25) is 0 Å². The Hall–Kier alpha value is -3.46. The van der Waals surface area contributed by atoms with E-state index in [1.165, 1.54) is 0 Å². The minimum Gasteiger partial charge on any atom is -0.347 e. The summed E-state index contributed by atoms with van der Waals surface area (Å²) in [7, 11) is 0. The maximum absolute atomic E-state index is 13.9. The maximum Gasteiger partial charge on any atom is 0.434 e. The Balaban J connectivity index is 2.19. The number of rotatable bonds is 3. The number of pyridine rings is 1. The Kier molecular flexibility index (Phi) is 5.02. The van der Waals surface area contributed by atoms with E-state index in [9.17, 15) is 26.7 Å². The number of hydrogen-bond acceptors (Lipinski definition) is 7. The van der Waals surface area contributed by atoms with Gasteiger partial charge in [-0.05, 0) is 29.7 Å². The highest BCUT2D eigenvalue weighted by Gasteiger charge is 2.40. The molecular formula is C16H5F5N4O2S. The van der Waals surface area contributed by atoms with Crippen LogP contribution in [0.25, 0.3) is 22.0 Å². The highest BCUT2D eigenvalue weighted by Crippen LogP contribution is 2.37. The first kappa shape index (κ1) is 19.3. The zero-order chi connectivity index (χ0) is 20.5. The first-order valence-electron chi connectivity index (χ1n) is 7.19. The second-order valence-electron chi connectivity index (χ2n) is 5.08. The number of carbonyl (C=O) groups excluding carboxylic acids is 1. The fourth-order valence-electron chi connectivity index (χ4n) is 2.30. The van der Waals surface area contributed by atoms with Gasteiger partial charge in [-0.25, -0.2) is 18.6 Å². The van der Waals surface area contributed by atoms with Gasteiger partial charge in [-0.2, -0.15) is 17.5 Å². The van der Waals surface area contributed by atoms with Crippen molar-refractivity contribution in [2.75, 3.05) is 0 Å². The molecule has 0 aliphatic rings. The molecule has 12 heteroatoms. The Bertz CT molecular complexity index is 1090. The number of nitriles is 1. The number of benzene rings is 1. The molecule has 3 aromatic rings. The average molecular weight is 412 g/mol. The predicted molar refractivity (Wildman–Crippen MR) is 84.5 cm³/mol. The van der Waals surface area contributed by atoms with Crippen LogP contribution in [0.4, 0.5) is 22.0 Å². The third kappa shape index (κ3) is 3.52. The lowest BCUT2D eigenvalue weighted by Crippen LogP contribution is -2.17. The molecule has 0 unspecified atom stereocenters. The summed E-state index contributed by atoms with van der Waals surface area (Å²) in [6.07, 6.45) is -3.27. The summed E-state index contributed by atoms with van der Waals surface area (Å²) in [6.45, 7) is 0. The van der Waals surface area contributed by atoms with Gasteiger partial charge in [0.15, 0.2) is 11.5 Å². The molecule has 2 heterocycles. The number of alkyl halides is 3. The summed E-state index contributed by atoms with van der Waals surface area (Å²) < 4.78 is 75.3. The van der Waals surface area contributed by atoms with Crippen molar-refractivity contribution in [2.24, 2.45) is 0 Å². The maximum atomic E-state index is 13.9. The van der Waals surface area contributed by atoms with Gasteiger partial charge in [0, 0.05) is 11.8 Å². The van der Waals surface area contributed by atoms with Gasteiger partial charge >= 0.3 is 12.1 Å². The van der Waals surface area contributed by atoms with E-state index in [1.807, 2.05) is 0 Å². The topological polar surface area (TPSA) is 88.8 Å². The summed E-state index contributed by atoms with van der Waals surface area (Å²) in [5.41, 5.74) is -3.63. The van der Waals surface area contributed by atoms with Crippen LogP contribution < -0.4 is 0 Å². The van der Waals surface area contributed by atoms with Gasteiger partial charge < -0.3 is 4.74 Å². The van der Waals surface area contributed by atoms with Crippen molar-refractivity contribution in [3.8, 4) is 28.2 Å². The van der Waals surface area contributed by atoms with Crippen LogP contribution in [-0.4, -0.2) is 20.3 Å². The molecule has 1 aromatic carbocycles. The van der Waals surface area contributed by atoms with Gasteiger partial charge in [0.05, 0.1) is 5.56 Å². The van der Waals surface area contributed by atoms with Crippen molar-refractivity contribution in [3.05, 3.63) is 53.4 Å². The number of carbonyl (C=O) groups is 1. The van der Waals surface area contributed by atoms with Gasteiger partial charge in [0.1, 0.15) is 22.2 Å². The molecule has 0 amide bonds. The summed E-state index contributed by atoms with van der Waals surface area (Å²) in [5, 5.41) is 8.21. The minimum atomic E-state index is -5.04. The molecule has 0 fully saturated rings. The van der Waals surface area contributed by atoms with Crippen LogP contribution in [0.15, 0.2) is 30.5 Å². The zero-order valence-corrected chi connectivity index (χ0v) is 14.1. The van der Waals surface area contributed by atoms with E-state index >= 15 is 0 Å². The van der Waals surface area contributed by atoms with Gasteiger partial charge in [-0.3, -0.25) is 4.98 Å². The van der Waals surface area contributed by atoms with Gasteiger partial charge in [0.25, 0.3) is 6.26 Å². The molecule has 0 aliphatic carbocycles. The smallest absolute Gasteiger partial charge is 0.347 e. The Morgan fingerprint density at radius 3 is 2.46 bits per heavy atom. The number of halogens is 5. The summed E-state index contributed by atoms with van der Waals surface area (Å²) >= 11 is 0.504. The van der Waals surface area contributed by atoms with E-state index in [-0.39, 0.29) is 5.01 Å². The van der Waals surface area contributed by atoms with Crippen LogP contribution in [0, 0.1) is 23.2 Å². The summed E-state index contributed by atoms with van der Waals surface area (Å²) in [6, 6.07) is 4.06. The normalized spacial score (nSPS) is 11.1. The highest BCUT2D eigenvalue weighted by molar-refractivity contribution is 7.09. The molecule has 2 aromatic heterocycles. The molecule has 0 radical (unpaired) electrons. The molecule has 3 rings (SSSR count). The zero-order valence-electron chi connectivity index (χ0n) is 13.3. The summed E-state index contributed by atoms with van der Waals surface area (Å²) in [5.74, 6) is -3.97. The first-order chi connectivity index (χ1) is 13.2. The predicted octanol–water partition coefficient (Wildman–Crippen LogP) is 4.20. The Labute approximate surface area is 157 Å². The number of hydrogen-bond donors (Lipinski definition) is 0. The lowest BCUT2D eigenvalue weighted by Gasteiger charge is -2.12. The number of aromatic nitrogens is 3. The molecule has 0 saturated heterocycles. The van der Waals surface area contributed by atoms with Crippen LogP contribution in [0.3, 0.4) is 0 Å². The molecule has 0 N–H and O–H groups in total. The SMILES string of the molecule is N#COC(=O)c1c(-c2nc(-c3c(F)cccc3F)ns2)ccnc1C(F)(F)F. The monoisotopic (exact) mass is 412 g/mol. The lowest BCUT2D eigenvalue weighted by molar-refractivity contribution is -0.141. The molecule has 6 nitrogen and oxygen atoms in total. The highest BCUT2D eigenvalue weighted by atomic mass is 32.1. The molecular weight excluding hydrogens is 407 g/mol. The van der Waals surface area contributed by atoms with Crippen LogP contribution in [0.5, 0.6) is 0 Å². The van der Waals surface area contributed by atoms with Gasteiger partial charge in [0.2, 0.25) is 0 Å². The van der Waals surface area contributed by atoms with E-state index in [0.717, 1.165) is 36.7 Å². The molecule has 0 bridgehead atoms. The van der Waals surface area contributed by atoms with Crippen molar-refractivity contribution in [3.63, 3.8) is 0 Å². The second-order valence-corrected chi connectivity index (χ2v) is 5.83. The largest absolute Gasteiger partial charge is 0.434 e. The van der Waals surface area contributed by atoms with Crippen molar-refractivity contribution in [1.82, 2.24) is 14.3 Å². The second kappa shape index (κ2) is 7.28. The van der Waals surface area contributed by atoms with Crippen LogP contribution in [0.1, 0.15) is 16.1 Å². The van der Waals surface area contributed by atoms with E-state index in [2.05, 4.69) is 19.1 Å².